The topological polar surface area (TPSA) is 66.9 Å². The van der Waals surface area contributed by atoms with Crippen LogP contribution in [0.15, 0.2) is 42.9 Å². The molecular weight excluding hydrogens is 240 g/mol. The second-order valence-corrected chi connectivity index (χ2v) is 4.46. The van der Waals surface area contributed by atoms with Crippen molar-refractivity contribution in [1.29, 1.82) is 0 Å². The predicted molar refractivity (Wildman–Crippen MR) is 71.6 cm³/mol. The molecule has 0 fully saturated rings. The van der Waals surface area contributed by atoms with E-state index < -0.39 is 0 Å². The van der Waals surface area contributed by atoms with E-state index in [2.05, 4.69) is 20.6 Å². The molecule has 3 rings (SSSR count). The average Bonchev–Trinajstić information content (AvgIpc) is 2.47. The number of carbonyl (C=O) groups excluding carboxylic acids is 1. The molecule has 96 valence electrons. The van der Waals surface area contributed by atoms with Crippen LogP contribution in [0, 0.1) is 0 Å². The molecule has 5 nitrogen and oxygen atoms in total. The first-order chi connectivity index (χ1) is 9.34. The summed E-state index contributed by atoms with van der Waals surface area (Å²) in [5, 5.41) is 6.06. The van der Waals surface area contributed by atoms with E-state index in [0.717, 1.165) is 12.1 Å². The van der Waals surface area contributed by atoms with Gasteiger partial charge in [-0.15, -0.1) is 0 Å². The SMILES string of the molecule is O=C(Nc1cnccn1)C1CNCc2ccccc21. The van der Waals surface area contributed by atoms with Gasteiger partial charge in [-0.1, -0.05) is 24.3 Å². The van der Waals surface area contributed by atoms with Gasteiger partial charge >= 0.3 is 0 Å². The zero-order chi connectivity index (χ0) is 13.1. The van der Waals surface area contributed by atoms with Gasteiger partial charge in [-0.2, -0.15) is 0 Å². The second-order valence-electron chi connectivity index (χ2n) is 4.46. The molecule has 2 aromatic rings. The number of benzene rings is 1. The highest BCUT2D eigenvalue weighted by molar-refractivity contribution is 5.95. The summed E-state index contributed by atoms with van der Waals surface area (Å²) in [7, 11) is 0. The molecule has 0 saturated heterocycles. The second kappa shape index (κ2) is 5.16. The molecule has 1 unspecified atom stereocenters. The summed E-state index contributed by atoms with van der Waals surface area (Å²) in [4.78, 5) is 20.3. The predicted octanol–water partition coefficient (Wildman–Crippen LogP) is 1.30. The average molecular weight is 254 g/mol. The van der Waals surface area contributed by atoms with E-state index in [1.165, 1.54) is 5.56 Å². The largest absolute Gasteiger partial charge is 0.312 e. The number of nitrogens with one attached hydrogen (secondary N) is 2. The van der Waals surface area contributed by atoms with Crippen molar-refractivity contribution in [1.82, 2.24) is 15.3 Å². The van der Waals surface area contributed by atoms with Gasteiger partial charge in [-0.3, -0.25) is 9.78 Å². The molecule has 1 amide bonds. The Labute approximate surface area is 111 Å². The van der Waals surface area contributed by atoms with Crippen LogP contribution >= 0.6 is 0 Å². The minimum absolute atomic E-state index is 0.0554. The lowest BCUT2D eigenvalue weighted by molar-refractivity contribution is -0.117. The highest BCUT2D eigenvalue weighted by Crippen LogP contribution is 2.24. The fraction of sp³-hybridized carbons (Fsp3) is 0.214. The Hall–Kier alpha value is -2.27. The standard InChI is InChI=1S/C14H14N4O/c19-14(18-13-9-15-5-6-17-13)12-8-16-7-10-3-1-2-4-11(10)12/h1-6,9,12,16H,7-8H2,(H,17,18,19). The number of aromatic nitrogens is 2. The Morgan fingerprint density at radius 3 is 3.05 bits per heavy atom. The van der Waals surface area contributed by atoms with E-state index in [-0.39, 0.29) is 11.8 Å². The third-order valence-corrected chi connectivity index (χ3v) is 3.23. The van der Waals surface area contributed by atoms with E-state index in [1.807, 2.05) is 24.3 Å². The van der Waals surface area contributed by atoms with Gasteiger partial charge in [0.15, 0.2) is 5.82 Å². The molecule has 0 spiro atoms. The van der Waals surface area contributed by atoms with Crippen LogP contribution in [-0.2, 0) is 11.3 Å². The molecule has 19 heavy (non-hydrogen) atoms. The minimum atomic E-state index is -0.188. The summed E-state index contributed by atoms with van der Waals surface area (Å²) in [6.45, 7) is 1.45. The molecule has 0 bridgehead atoms. The lowest BCUT2D eigenvalue weighted by Crippen LogP contribution is -2.35. The summed E-state index contributed by atoms with van der Waals surface area (Å²) >= 11 is 0. The fourth-order valence-electron chi connectivity index (χ4n) is 2.31. The molecular formula is C14H14N4O. The van der Waals surface area contributed by atoms with Crippen molar-refractivity contribution in [3.8, 4) is 0 Å². The molecule has 1 atom stereocenters. The van der Waals surface area contributed by atoms with Crippen LogP contribution in [0.2, 0.25) is 0 Å². The smallest absolute Gasteiger partial charge is 0.234 e. The van der Waals surface area contributed by atoms with Crippen molar-refractivity contribution >= 4 is 11.7 Å². The molecule has 1 aliphatic rings. The van der Waals surface area contributed by atoms with Crippen molar-refractivity contribution < 1.29 is 4.79 Å². The number of carbonyl (C=O) groups is 1. The maximum absolute atomic E-state index is 12.3. The molecule has 0 saturated carbocycles. The number of rotatable bonds is 2. The van der Waals surface area contributed by atoms with Crippen LogP contribution in [0.1, 0.15) is 17.0 Å². The van der Waals surface area contributed by atoms with Gasteiger partial charge in [0.05, 0.1) is 12.1 Å². The third-order valence-electron chi connectivity index (χ3n) is 3.23. The first-order valence-corrected chi connectivity index (χ1v) is 6.20. The number of anilines is 1. The Morgan fingerprint density at radius 2 is 2.21 bits per heavy atom. The van der Waals surface area contributed by atoms with Crippen molar-refractivity contribution in [2.24, 2.45) is 0 Å². The number of fused-ring (bicyclic) bond motifs is 1. The van der Waals surface area contributed by atoms with Gasteiger partial charge in [-0.25, -0.2) is 4.98 Å². The van der Waals surface area contributed by atoms with Gasteiger partial charge in [0.2, 0.25) is 5.91 Å². The molecule has 0 aliphatic carbocycles. The van der Waals surface area contributed by atoms with E-state index in [1.54, 1.807) is 18.6 Å². The molecule has 2 N–H and O–H groups in total. The Balaban J connectivity index is 1.82. The van der Waals surface area contributed by atoms with Crippen molar-refractivity contribution in [3.05, 3.63) is 54.0 Å². The molecule has 0 radical (unpaired) electrons. The van der Waals surface area contributed by atoms with Crippen LogP contribution < -0.4 is 10.6 Å². The number of amides is 1. The Kier molecular flexibility index (Phi) is 3.20. The summed E-state index contributed by atoms with van der Waals surface area (Å²) < 4.78 is 0. The van der Waals surface area contributed by atoms with Crippen molar-refractivity contribution in [2.75, 3.05) is 11.9 Å². The van der Waals surface area contributed by atoms with Gasteiger partial charge in [0.25, 0.3) is 0 Å². The van der Waals surface area contributed by atoms with Gasteiger partial charge in [-0.05, 0) is 11.1 Å². The van der Waals surface area contributed by atoms with Crippen LogP contribution in [0.5, 0.6) is 0 Å². The molecule has 1 aliphatic heterocycles. The first kappa shape index (κ1) is 11.8. The quantitative estimate of drug-likeness (QED) is 0.847. The first-order valence-electron chi connectivity index (χ1n) is 6.20. The van der Waals surface area contributed by atoms with Crippen LogP contribution in [0.3, 0.4) is 0 Å². The van der Waals surface area contributed by atoms with E-state index in [4.69, 9.17) is 0 Å². The van der Waals surface area contributed by atoms with Gasteiger partial charge in [0, 0.05) is 25.5 Å². The monoisotopic (exact) mass is 254 g/mol. The summed E-state index contributed by atoms with van der Waals surface area (Å²) in [5.41, 5.74) is 2.26. The van der Waals surface area contributed by atoms with Gasteiger partial charge in [0.1, 0.15) is 0 Å². The maximum Gasteiger partial charge on any atom is 0.234 e. The maximum atomic E-state index is 12.3. The van der Waals surface area contributed by atoms with Crippen molar-refractivity contribution in [2.45, 2.75) is 12.5 Å². The third kappa shape index (κ3) is 2.46. The van der Waals surface area contributed by atoms with E-state index in [0.29, 0.717) is 12.4 Å². The van der Waals surface area contributed by atoms with Gasteiger partial charge < -0.3 is 10.6 Å². The van der Waals surface area contributed by atoms with Crippen LogP contribution in [0.25, 0.3) is 0 Å². The lowest BCUT2D eigenvalue weighted by Gasteiger charge is -2.25. The normalized spacial score (nSPS) is 17.6. The summed E-state index contributed by atoms with van der Waals surface area (Å²) in [6, 6.07) is 8.01. The number of hydrogen-bond acceptors (Lipinski definition) is 4. The van der Waals surface area contributed by atoms with Crippen molar-refractivity contribution in [3.63, 3.8) is 0 Å². The van der Waals surface area contributed by atoms with Crippen LogP contribution in [-0.4, -0.2) is 22.4 Å². The lowest BCUT2D eigenvalue weighted by atomic mass is 9.90. The molecule has 5 heteroatoms. The number of nitrogens with zero attached hydrogens (tertiary/aromatic N) is 2. The molecule has 1 aromatic carbocycles. The zero-order valence-corrected chi connectivity index (χ0v) is 10.3. The van der Waals surface area contributed by atoms with Crippen LogP contribution in [0.4, 0.5) is 5.82 Å². The Bertz CT molecular complexity index is 585. The van der Waals surface area contributed by atoms with E-state index >= 15 is 0 Å². The minimum Gasteiger partial charge on any atom is -0.312 e. The summed E-state index contributed by atoms with van der Waals surface area (Å²) in [6.07, 6.45) is 4.68. The Morgan fingerprint density at radius 1 is 1.32 bits per heavy atom. The fourth-order valence-corrected chi connectivity index (χ4v) is 2.31. The zero-order valence-electron chi connectivity index (χ0n) is 10.3. The molecule has 1 aromatic heterocycles. The summed E-state index contributed by atoms with van der Waals surface area (Å²) in [5.74, 6) is 0.239. The molecule has 2 heterocycles. The highest BCUT2D eigenvalue weighted by atomic mass is 16.2. The number of hydrogen-bond donors (Lipinski definition) is 2. The highest BCUT2D eigenvalue weighted by Gasteiger charge is 2.26. The van der Waals surface area contributed by atoms with E-state index in [9.17, 15) is 4.79 Å².